The van der Waals surface area contributed by atoms with E-state index in [4.69, 9.17) is 15.0 Å². The van der Waals surface area contributed by atoms with Gasteiger partial charge in [-0.25, -0.2) is 15.0 Å². The van der Waals surface area contributed by atoms with Gasteiger partial charge in [-0.15, -0.1) is 0 Å². The molecule has 0 bridgehead atoms. The summed E-state index contributed by atoms with van der Waals surface area (Å²) in [6, 6.07) is 80.8. The molecule has 0 fully saturated rings. The van der Waals surface area contributed by atoms with Gasteiger partial charge in [-0.2, -0.15) is 0 Å². The van der Waals surface area contributed by atoms with Crippen molar-refractivity contribution in [3.05, 3.63) is 231 Å². The molecule has 0 spiro atoms. The first-order chi connectivity index (χ1) is 30.2. The Morgan fingerprint density at radius 1 is 0.295 bits per heavy atom. The Hall–Kier alpha value is -8.21. The second-order valence-electron chi connectivity index (χ2n) is 15.2. The summed E-state index contributed by atoms with van der Waals surface area (Å²) in [6.07, 6.45) is 0. The molecule has 61 heavy (non-hydrogen) atoms. The van der Waals surface area contributed by atoms with Crippen LogP contribution >= 0.6 is 0 Å². The van der Waals surface area contributed by atoms with Crippen LogP contribution in [0.3, 0.4) is 0 Å². The predicted molar refractivity (Wildman–Crippen MR) is 254 cm³/mol. The van der Waals surface area contributed by atoms with Crippen molar-refractivity contribution in [1.82, 2.24) is 15.0 Å². The van der Waals surface area contributed by atoms with Gasteiger partial charge in [0, 0.05) is 55.5 Å². The molecule has 4 nitrogen and oxygen atoms in total. The monoisotopic (exact) mass is 778 g/mol. The van der Waals surface area contributed by atoms with Gasteiger partial charge >= 0.3 is 0 Å². The molecule has 11 rings (SSSR count). The molecule has 4 heteroatoms. The zero-order valence-corrected chi connectivity index (χ0v) is 33.2. The van der Waals surface area contributed by atoms with E-state index in [9.17, 15) is 0 Å². The molecule has 286 valence electrons. The molecule has 0 aliphatic rings. The van der Waals surface area contributed by atoms with E-state index in [0.29, 0.717) is 5.82 Å². The van der Waals surface area contributed by atoms with Gasteiger partial charge in [-0.3, -0.25) is 0 Å². The van der Waals surface area contributed by atoms with Crippen LogP contribution in [-0.4, -0.2) is 15.0 Å². The highest BCUT2D eigenvalue weighted by atomic mass is 15.1. The average molecular weight is 779 g/mol. The van der Waals surface area contributed by atoms with Gasteiger partial charge in [-0.1, -0.05) is 182 Å². The van der Waals surface area contributed by atoms with E-state index in [2.05, 4.69) is 223 Å². The van der Waals surface area contributed by atoms with Gasteiger partial charge in [0.15, 0.2) is 5.82 Å². The summed E-state index contributed by atoms with van der Waals surface area (Å²) in [6.45, 7) is 0. The molecule has 0 saturated carbocycles. The number of hydrogen-bond acceptors (Lipinski definition) is 4. The molecule has 0 radical (unpaired) electrons. The SMILES string of the molecule is c1ccc(-c2ccc(-c3nc(-c4ccccc4)cc(-c4cc5c(-c6ccccc6)nc6cc(N(c7ccccc7)c7ccccc7)ccc6c5c5ccccc45)n3)cc2)cc1. The Balaban J connectivity index is 1.15. The van der Waals surface area contributed by atoms with Crippen LogP contribution in [-0.2, 0) is 0 Å². The average Bonchev–Trinajstić information content (AvgIpc) is 3.35. The van der Waals surface area contributed by atoms with Crippen LogP contribution in [0.5, 0.6) is 0 Å². The van der Waals surface area contributed by atoms with Crippen LogP contribution in [0.2, 0.25) is 0 Å². The maximum Gasteiger partial charge on any atom is 0.160 e. The number of pyridine rings is 1. The van der Waals surface area contributed by atoms with Crippen LogP contribution in [0, 0.1) is 0 Å². The van der Waals surface area contributed by atoms with E-state index < -0.39 is 0 Å². The number of hydrogen-bond donors (Lipinski definition) is 0. The Morgan fingerprint density at radius 3 is 1.44 bits per heavy atom. The largest absolute Gasteiger partial charge is 0.310 e. The smallest absolute Gasteiger partial charge is 0.160 e. The first-order valence-electron chi connectivity index (χ1n) is 20.6. The minimum Gasteiger partial charge on any atom is -0.310 e. The summed E-state index contributed by atoms with van der Waals surface area (Å²) >= 11 is 0. The maximum absolute atomic E-state index is 5.55. The van der Waals surface area contributed by atoms with Gasteiger partial charge in [0.1, 0.15) is 0 Å². The lowest BCUT2D eigenvalue weighted by molar-refractivity contribution is 1.19. The number of benzene rings is 9. The van der Waals surface area contributed by atoms with E-state index in [1.165, 1.54) is 5.56 Å². The lowest BCUT2D eigenvalue weighted by Gasteiger charge is -2.26. The molecule has 11 aromatic rings. The second-order valence-corrected chi connectivity index (χ2v) is 15.2. The summed E-state index contributed by atoms with van der Waals surface area (Å²) < 4.78 is 0. The molecule has 0 N–H and O–H groups in total. The van der Waals surface area contributed by atoms with Crippen molar-refractivity contribution in [2.45, 2.75) is 0 Å². The van der Waals surface area contributed by atoms with Gasteiger partial charge < -0.3 is 4.90 Å². The third kappa shape index (κ3) is 6.76. The zero-order chi connectivity index (χ0) is 40.5. The Kier molecular flexibility index (Phi) is 9.14. The van der Waals surface area contributed by atoms with Crippen LogP contribution in [0.25, 0.3) is 88.7 Å². The molecule has 0 unspecified atom stereocenters. The van der Waals surface area contributed by atoms with Crippen LogP contribution in [0.1, 0.15) is 0 Å². The number of para-hydroxylation sites is 2. The van der Waals surface area contributed by atoms with Gasteiger partial charge in [-0.05, 0) is 70.4 Å². The molecule has 9 aromatic carbocycles. The standard InChI is InChI=1S/C57H38N4/c1-6-18-39(19-7-1)40-30-32-43(33-31-40)57-59-52(41-20-8-2-9-21-41)38-54(60-57)50-37-51-55(48-29-17-16-28-47(48)50)49-35-34-46(36-53(49)58-56(51)42-22-10-3-11-23-42)61(44-24-12-4-13-25-44)45-26-14-5-15-27-45/h1-38H. The summed E-state index contributed by atoms with van der Waals surface area (Å²) in [5.74, 6) is 0.675. The lowest BCUT2D eigenvalue weighted by atomic mass is 9.90. The number of nitrogens with zero attached hydrogens (tertiary/aromatic N) is 4. The van der Waals surface area contributed by atoms with Crippen molar-refractivity contribution in [1.29, 1.82) is 0 Å². The normalized spacial score (nSPS) is 11.3. The van der Waals surface area contributed by atoms with E-state index in [1.54, 1.807) is 0 Å². The molecule has 0 aliphatic heterocycles. The third-order valence-corrected chi connectivity index (χ3v) is 11.4. The van der Waals surface area contributed by atoms with E-state index in [0.717, 1.165) is 94.4 Å². The van der Waals surface area contributed by atoms with E-state index >= 15 is 0 Å². The second kappa shape index (κ2) is 15.5. The van der Waals surface area contributed by atoms with Crippen molar-refractivity contribution in [3.8, 4) is 56.3 Å². The van der Waals surface area contributed by atoms with Gasteiger partial charge in [0.25, 0.3) is 0 Å². The summed E-state index contributed by atoms with van der Waals surface area (Å²) in [5.41, 5.74) is 13.2. The first-order valence-corrected chi connectivity index (χ1v) is 20.6. The van der Waals surface area contributed by atoms with E-state index in [-0.39, 0.29) is 0 Å². The van der Waals surface area contributed by atoms with Crippen LogP contribution in [0.4, 0.5) is 17.1 Å². The molecular formula is C57H38N4. The minimum atomic E-state index is 0.675. The Bertz CT molecular complexity index is 3280. The van der Waals surface area contributed by atoms with Gasteiger partial charge in [0.2, 0.25) is 0 Å². The number of fused-ring (bicyclic) bond motifs is 5. The summed E-state index contributed by atoms with van der Waals surface area (Å²) in [4.78, 5) is 18.4. The third-order valence-electron chi connectivity index (χ3n) is 11.4. The van der Waals surface area contributed by atoms with Gasteiger partial charge in [0.05, 0.1) is 22.6 Å². The highest BCUT2D eigenvalue weighted by Gasteiger charge is 2.21. The highest BCUT2D eigenvalue weighted by molar-refractivity contribution is 6.25. The van der Waals surface area contributed by atoms with Crippen molar-refractivity contribution in [2.24, 2.45) is 0 Å². The quantitative estimate of drug-likeness (QED) is 0.144. The van der Waals surface area contributed by atoms with Crippen LogP contribution in [0.15, 0.2) is 231 Å². The molecule has 2 heterocycles. The van der Waals surface area contributed by atoms with Crippen LogP contribution < -0.4 is 4.90 Å². The molecule has 0 saturated heterocycles. The van der Waals surface area contributed by atoms with E-state index in [1.807, 2.05) is 12.1 Å². The molecule has 2 aromatic heterocycles. The number of anilines is 3. The highest BCUT2D eigenvalue weighted by Crippen LogP contribution is 2.44. The first kappa shape index (κ1) is 35.9. The van der Waals surface area contributed by atoms with Crippen molar-refractivity contribution in [3.63, 3.8) is 0 Å². The molecule has 0 amide bonds. The summed E-state index contributed by atoms with van der Waals surface area (Å²) in [7, 11) is 0. The Labute approximate surface area is 354 Å². The number of aromatic nitrogens is 3. The lowest BCUT2D eigenvalue weighted by Crippen LogP contribution is -2.09. The fourth-order valence-electron chi connectivity index (χ4n) is 8.54. The molecular weight excluding hydrogens is 741 g/mol. The Morgan fingerprint density at radius 2 is 0.803 bits per heavy atom. The van der Waals surface area contributed by atoms with Crippen molar-refractivity contribution >= 4 is 49.5 Å². The fourth-order valence-corrected chi connectivity index (χ4v) is 8.54. The van der Waals surface area contributed by atoms with Crippen molar-refractivity contribution < 1.29 is 0 Å². The predicted octanol–water partition coefficient (Wildman–Crippen LogP) is 15.1. The van der Waals surface area contributed by atoms with Crippen molar-refractivity contribution in [2.75, 3.05) is 4.90 Å². The minimum absolute atomic E-state index is 0.675. The fraction of sp³-hybridized carbons (Fsp3) is 0. The number of rotatable bonds is 8. The molecule has 0 atom stereocenters. The molecule has 0 aliphatic carbocycles. The summed E-state index contributed by atoms with van der Waals surface area (Å²) in [5, 5.41) is 5.58. The zero-order valence-electron chi connectivity index (χ0n) is 33.2. The topological polar surface area (TPSA) is 41.9 Å². The maximum atomic E-state index is 5.55.